The number of carbonyl (C=O) groups excluding carboxylic acids is 1. The third kappa shape index (κ3) is 2.59. The molecule has 2 amide bonds. The zero-order valence-electron chi connectivity index (χ0n) is 11.3. The van der Waals surface area contributed by atoms with Crippen molar-refractivity contribution in [2.24, 2.45) is 0 Å². The zero-order chi connectivity index (χ0) is 13.1. The Bertz CT molecular complexity index is 341. The Kier molecular flexibility index (Phi) is 4.07. The van der Waals surface area contributed by atoms with Gasteiger partial charge < -0.3 is 9.80 Å². The lowest BCUT2D eigenvalue weighted by Gasteiger charge is -2.38. The van der Waals surface area contributed by atoms with Crippen molar-refractivity contribution in [2.75, 3.05) is 32.7 Å². The van der Waals surface area contributed by atoms with Gasteiger partial charge in [0.15, 0.2) is 0 Å². The van der Waals surface area contributed by atoms with E-state index in [4.69, 9.17) is 5.26 Å². The van der Waals surface area contributed by atoms with Gasteiger partial charge in [0.25, 0.3) is 0 Å². The Morgan fingerprint density at radius 2 is 1.89 bits per heavy atom. The molecule has 1 atom stereocenters. The molecule has 2 fully saturated rings. The summed E-state index contributed by atoms with van der Waals surface area (Å²) in [6, 6.07) is 2.62. The maximum atomic E-state index is 12.3. The molecule has 0 aromatic rings. The Morgan fingerprint density at radius 3 is 2.44 bits per heavy atom. The smallest absolute Gasteiger partial charge is 0.321 e. The van der Waals surface area contributed by atoms with Crippen LogP contribution in [0.4, 0.5) is 4.79 Å². The Hall–Kier alpha value is -1.28. The van der Waals surface area contributed by atoms with Crippen LogP contribution in [0.3, 0.4) is 0 Å². The number of hydrogen-bond acceptors (Lipinski definition) is 3. The summed E-state index contributed by atoms with van der Waals surface area (Å²) in [5.41, 5.74) is 0. The van der Waals surface area contributed by atoms with Crippen LogP contribution in [-0.4, -0.2) is 65.5 Å². The maximum Gasteiger partial charge on any atom is 0.321 e. The number of piperazine rings is 1. The summed E-state index contributed by atoms with van der Waals surface area (Å²) < 4.78 is 0. The van der Waals surface area contributed by atoms with Gasteiger partial charge in [0.05, 0.1) is 6.07 Å². The Labute approximate surface area is 109 Å². The average molecular weight is 250 g/mol. The second-order valence-corrected chi connectivity index (χ2v) is 5.38. The van der Waals surface area contributed by atoms with Crippen molar-refractivity contribution in [3.8, 4) is 6.07 Å². The Balaban J connectivity index is 1.90. The highest BCUT2D eigenvalue weighted by Crippen LogP contribution is 2.19. The minimum absolute atomic E-state index is 0.0578. The number of amides is 2. The predicted molar refractivity (Wildman–Crippen MR) is 69.0 cm³/mol. The second kappa shape index (κ2) is 5.57. The van der Waals surface area contributed by atoms with E-state index < -0.39 is 0 Å². The number of nitriles is 1. The van der Waals surface area contributed by atoms with Crippen molar-refractivity contribution < 1.29 is 4.79 Å². The van der Waals surface area contributed by atoms with Crippen molar-refractivity contribution in [3.63, 3.8) is 0 Å². The normalized spacial score (nSPS) is 25.6. The minimum Gasteiger partial charge on any atom is -0.322 e. The summed E-state index contributed by atoms with van der Waals surface area (Å²) in [6.45, 7) is 8.55. The van der Waals surface area contributed by atoms with Crippen LogP contribution in [0.15, 0.2) is 0 Å². The van der Waals surface area contributed by atoms with Gasteiger partial charge in [-0.05, 0) is 26.7 Å². The van der Waals surface area contributed by atoms with Crippen molar-refractivity contribution in [1.82, 2.24) is 14.7 Å². The molecule has 0 radical (unpaired) electrons. The number of likely N-dealkylation sites (tertiary alicyclic amines) is 1. The lowest BCUT2D eigenvalue weighted by atomic mass is 10.2. The van der Waals surface area contributed by atoms with Gasteiger partial charge in [-0.25, -0.2) is 4.79 Å². The monoisotopic (exact) mass is 250 g/mol. The molecule has 2 heterocycles. The summed E-state index contributed by atoms with van der Waals surface area (Å²) in [5, 5.41) is 9.03. The van der Waals surface area contributed by atoms with Crippen LogP contribution in [0.1, 0.15) is 26.7 Å². The molecule has 0 aromatic carbocycles. The van der Waals surface area contributed by atoms with E-state index in [0.717, 1.165) is 45.6 Å². The van der Waals surface area contributed by atoms with Gasteiger partial charge in [0.1, 0.15) is 6.04 Å². The molecule has 1 unspecified atom stereocenters. The number of hydrogen-bond donors (Lipinski definition) is 0. The van der Waals surface area contributed by atoms with Crippen LogP contribution in [0, 0.1) is 11.3 Å². The summed E-state index contributed by atoms with van der Waals surface area (Å²) in [7, 11) is 0. The van der Waals surface area contributed by atoms with Crippen molar-refractivity contribution in [2.45, 2.75) is 38.8 Å². The van der Waals surface area contributed by atoms with Gasteiger partial charge >= 0.3 is 6.03 Å². The van der Waals surface area contributed by atoms with Crippen LogP contribution in [0.2, 0.25) is 0 Å². The van der Waals surface area contributed by atoms with Gasteiger partial charge in [0, 0.05) is 38.8 Å². The van der Waals surface area contributed by atoms with Crippen LogP contribution < -0.4 is 0 Å². The van der Waals surface area contributed by atoms with Gasteiger partial charge in [-0.15, -0.1) is 0 Å². The van der Waals surface area contributed by atoms with Crippen molar-refractivity contribution in [3.05, 3.63) is 0 Å². The molecule has 100 valence electrons. The van der Waals surface area contributed by atoms with Crippen LogP contribution in [0.25, 0.3) is 0 Å². The van der Waals surface area contributed by atoms with Crippen LogP contribution >= 0.6 is 0 Å². The first-order valence-corrected chi connectivity index (χ1v) is 6.82. The molecule has 5 nitrogen and oxygen atoms in total. The molecule has 0 spiro atoms. The lowest BCUT2D eigenvalue weighted by molar-refractivity contribution is 0.0999. The van der Waals surface area contributed by atoms with E-state index in [1.807, 2.05) is 4.90 Å². The summed E-state index contributed by atoms with van der Waals surface area (Å²) >= 11 is 0. The van der Waals surface area contributed by atoms with E-state index in [0.29, 0.717) is 6.04 Å². The first-order chi connectivity index (χ1) is 8.63. The van der Waals surface area contributed by atoms with Gasteiger partial charge in [0.2, 0.25) is 0 Å². The highest BCUT2D eigenvalue weighted by Gasteiger charge is 2.33. The molecule has 18 heavy (non-hydrogen) atoms. The molecule has 0 bridgehead atoms. The minimum atomic E-state index is -0.208. The molecular weight excluding hydrogens is 228 g/mol. The third-order valence-corrected chi connectivity index (χ3v) is 3.96. The van der Waals surface area contributed by atoms with E-state index in [1.165, 1.54) is 0 Å². The highest BCUT2D eigenvalue weighted by atomic mass is 16.2. The molecule has 0 aromatic heterocycles. The van der Waals surface area contributed by atoms with Crippen molar-refractivity contribution >= 4 is 6.03 Å². The fourth-order valence-corrected chi connectivity index (χ4v) is 2.74. The molecule has 2 saturated heterocycles. The molecular formula is C13H22N4O. The maximum absolute atomic E-state index is 12.3. The molecule has 2 aliphatic rings. The first kappa shape index (κ1) is 13.2. The van der Waals surface area contributed by atoms with Gasteiger partial charge in [-0.2, -0.15) is 5.26 Å². The molecule has 0 aliphatic carbocycles. The van der Waals surface area contributed by atoms with Crippen LogP contribution in [-0.2, 0) is 0 Å². The lowest BCUT2D eigenvalue weighted by Crippen LogP contribution is -2.54. The zero-order valence-corrected chi connectivity index (χ0v) is 11.3. The number of rotatable bonds is 1. The van der Waals surface area contributed by atoms with E-state index in [2.05, 4.69) is 24.8 Å². The van der Waals surface area contributed by atoms with Gasteiger partial charge in [-0.1, -0.05) is 0 Å². The highest BCUT2D eigenvalue weighted by molar-refractivity contribution is 5.75. The number of urea groups is 1. The molecule has 2 rings (SSSR count). The SMILES string of the molecule is CC(C)N1CCN(C(=O)N2CCCC2C#N)CC1. The standard InChI is InChI=1S/C13H22N4O/c1-11(2)15-6-8-16(9-7-15)13(18)17-5-3-4-12(17)10-14/h11-12H,3-9H2,1-2H3. The molecule has 0 saturated carbocycles. The fraction of sp³-hybridized carbons (Fsp3) is 0.846. The third-order valence-electron chi connectivity index (χ3n) is 3.96. The quantitative estimate of drug-likeness (QED) is 0.701. The largest absolute Gasteiger partial charge is 0.322 e. The van der Waals surface area contributed by atoms with E-state index in [9.17, 15) is 4.79 Å². The summed E-state index contributed by atoms with van der Waals surface area (Å²) in [6.07, 6.45) is 1.78. The second-order valence-electron chi connectivity index (χ2n) is 5.38. The summed E-state index contributed by atoms with van der Waals surface area (Å²) in [4.78, 5) is 18.4. The topological polar surface area (TPSA) is 50.6 Å². The van der Waals surface area contributed by atoms with Crippen LogP contribution in [0.5, 0.6) is 0 Å². The van der Waals surface area contributed by atoms with Gasteiger partial charge in [-0.3, -0.25) is 4.90 Å². The van der Waals surface area contributed by atoms with E-state index in [-0.39, 0.29) is 12.1 Å². The predicted octanol–water partition coefficient (Wildman–Crippen LogP) is 1.12. The number of carbonyl (C=O) groups is 1. The Morgan fingerprint density at radius 1 is 1.22 bits per heavy atom. The summed E-state index contributed by atoms with van der Waals surface area (Å²) in [5.74, 6) is 0. The van der Waals surface area contributed by atoms with E-state index >= 15 is 0 Å². The fourth-order valence-electron chi connectivity index (χ4n) is 2.74. The molecule has 2 aliphatic heterocycles. The first-order valence-electron chi connectivity index (χ1n) is 6.82. The molecule has 0 N–H and O–H groups in total. The number of nitrogens with zero attached hydrogens (tertiary/aromatic N) is 4. The average Bonchev–Trinajstić information content (AvgIpc) is 2.86. The molecule has 5 heteroatoms. The van der Waals surface area contributed by atoms with Crippen molar-refractivity contribution in [1.29, 1.82) is 5.26 Å². The van der Waals surface area contributed by atoms with E-state index in [1.54, 1.807) is 4.90 Å².